The van der Waals surface area contributed by atoms with E-state index in [1.54, 1.807) is 0 Å². The van der Waals surface area contributed by atoms with Crippen molar-refractivity contribution in [2.75, 3.05) is 39.5 Å². The number of phosphoric acid groups is 1. The van der Waals surface area contributed by atoms with E-state index in [0.29, 0.717) is 19.3 Å². The first-order chi connectivity index (χ1) is 31.5. The number of primary amides is 1. The topological polar surface area (TPSA) is 219 Å². The highest BCUT2D eigenvalue weighted by Gasteiger charge is 2.26. The molecule has 2 atom stereocenters. The Kier molecular flexibility index (Phi) is 44.4. The van der Waals surface area contributed by atoms with Crippen molar-refractivity contribution in [2.24, 2.45) is 5.73 Å². The second kappa shape index (κ2) is 46.4. The van der Waals surface area contributed by atoms with E-state index in [1.807, 2.05) is 0 Å². The molecule has 0 aliphatic heterocycles. The van der Waals surface area contributed by atoms with Gasteiger partial charge in [0.2, 0.25) is 11.8 Å². The van der Waals surface area contributed by atoms with Gasteiger partial charge in [-0.2, -0.15) is 0 Å². The molecular formula is C49H94N3O12P. The number of nitrogens with one attached hydrogen (secondary N) is 2. The number of ether oxygens (including phenoxy) is 3. The third-order valence-corrected chi connectivity index (χ3v) is 12.2. The number of rotatable bonds is 49. The molecule has 0 aromatic heterocycles. The largest absolute Gasteiger partial charge is 0.472 e. The molecule has 382 valence electrons. The van der Waals surface area contributed by atoms with Gasteiger partial charge in [0.1, 0.15) is 13.2 Å². The third-order valence-electron chi connectivity index (χ3n) is 11.2. The number of carbonyl (C=O) groups is 5. The van der Waals surface area contributed by atoms with E-state index in [9.17, 15) is 33.4 Å². The summed E-state index contributed by atoms with van der Waals surface area (Å²) in [6, 6.07) is 0. The molecule has 15 nitrogen and oxygen atoms in total. The lowest BCUT2D eigenvalue weighted by Crippen LogP contribution is -2.32. The Morgan fingerprint density at radius 1 is 0.477 bits per heavy atom. The highest BCUT2D eigenvalue weighted by Crippen LogP contribution is 2.43. The van der Waals surface area contributed by atoms with E-state index in [2.05, 4.69) is 24.5 Å². The molecule has 0 spiro atoms. The van der Waals surface area contributed by atoms with Crippen molar-refractivity contribution in [3.05, 3.63) is 0 Å². The van der Waals surface area contributed by atoms with Crippen molar-refractivity contribution in [1.29, 1.82) is 0 Å². The fourth-order valence-electron chi connectivity index (χ4n) is 7.33. The van der Waals surface area contributed by atoms with Crippen LogP contribution in [-0.4, -0.2) is 80.4 Å². The molecule has 0 aromatic carbocycles. The van der Waals surface area contributed by atoms with Crippen molar-refractivity contribution in [3.8, 4) is 0 Å². The van der Waals surface area contributed by atoms with Crippen molar-refractivity contribution in [3.63, 3.8) is 0 Å². The highest BCUT2D eigenvalue weighted by molar-refractivity contribution is 7.47. The predicted octanol–water partition coefficient (Wildman–Crippen LogP) is 11.6. The Labute approximate surface area is 393 Å². The van der Waals surface area contributed by atoms with E-state index in [0.717, 1.165) is 38.5 Å². The Morgan fingerprint density at radius 3 is 1.34 bits per heavy atom. The summed E-state index contributed by atoms with van der Waals surface area (Å²) in [5, 5.41) is 4.89. The molecule has 65 heavy (non-hydrogen) atoms. The van der Waals surface area contributed by atoms with Gasteiger partial charge in [-0.1, -0.05) is 194 Å². The van der Waals surface area contributed by atoms with Crippen molar-refractivity contribution < 1.29 is 56.7 Å². The fourth-order valence-corrected chi connectivity index (χ4v) is 8.08. The zero-order valence-corrected chi connectivity index (χ0v) is 41.9. The van der Waals surface area contributed by atoms with E-state index in [1.165, 1.54) is 141 Å². The first-order valence-electron chi connectivity index (χ1n) is 25.9. The molecule has 3 amide bonds. The number of amides is 3. The number of hydrogen-bond donors (Lipinski definition) is 4. The quantitative estimate of drug-likeness (QED) is 0.0194. The number of phosphoric ester groups is 1. The van der Waals surface area contributed by atoms with E-state index < -0.39 is 51.1 Å². The number of hydrogen-bond acceptors (Lipinski definition) is 11. The monoisotopic (exact) mass is 948 g/mol. The summed E-state index contributed by atoms with van der Waals surface area (Å²) in [7, 11) is -4.65. The van der Waals surface area contributed by atoms with Gasteiger partial charge in [0, 0.05) is 32.2 Å². The lowest BCUT2D eigenvalue weighted by molar-refractivity contribution is -0.161. The molecule has 1 unspecified atom stereocenters. The number of carbonyl (C=O) groups excluding carboxylic acids is 5. The van der Waals surface area contributed by atoms with Crippen LogP contribution in [-0.2, 0) is 47.0 Å². The molecule has 16 heteroatoms. The SMILES string of the molecule is CCCCCCCCCCCCCCCCCC(=O)OC[C@H](COP(=O)(O)OCCNC(=O)OCCNC(=O)CCCC(N)=O)OC(=O)CCCCCCCCCCCCCCCCC. The van der Waals surface area contributed by atoms with Crippen LogP contribution < -0.4 is 16.4 Å². The first kappa shape index (κ1) is 62.3. The molecule has 0 saturated heterocycles. The second-order valence-corrected chi connectivity index (χ2v) is 19.0. The van der Waals surface area contributed by atoms with Crippen LogP contribution in [0.1, 0.15) is 239 Å². The predicted molar refractivity (Wildman–Crippen MR) is 257 cm³/mol. The zero-order valence-electron chi connectivity index (χ0n) is 41.0. The molecular weight excluding hydrogens is 854 g/mol. The summed E-state index contributed by atoms with van der Waals surface area (Å²) in [4.78, 5) is 70.0. The minimum absolute atomic E-state index is 0.0546. The van der Waals surface area contributed by atoms with Crippen LogP contribution >= 0.6 is 7.82 Å². The molecule has 0 aliphatic carbocycles. The number of alkyl carbamates (subject to hydrolysis) is 1. The number of unbranched alkanes of at least 4 members (excludes halogenated alkanes) is 28. The van der Waals surface area contributed by atoms with Crippen molar-refractivity contribution in [1.82, 2.24) is 10.6 Å². The molecule has 0 aromatic rings. The molecule has 0 heterocycles. The highest BCUT2D eigenvalue weighted by atomic mass is 31.2. The van der Waals surface area contributed by atoms with Crippen molar-refractivity contribution in [2.45, 2.75) is 245 Å². The normalized spacial score (nSPS) is 12.6. The number of nitrogens with two attached hydrogens (primary N) is 1. The van der Waals surface area contributed by atoms with Crippen LogP contribution in [0, 0.1) is 0 Å². The summed E-state index contributed by atoms with van der Waals surface area (Å²) in [5.74, 6) is -1.75. The maximum Gasteiger partial charge on any atom is 0.472 e. The van der Waals surface area contributed by atoms with E-state index in [4.69, 9.17) is 29.0 Å². The van der Waals surface area contributed by atoms with Crippen LogP contribution in [0.4, 0.5) is 4.79 Å². The first-order valence-corrected chi connectivity index (χ1v) is 27.4. The molecule has 0 rings (SSSR count). The molecule has 5 N–H and O–H groups in total. The zero-order chi connectivity index (χ0) is 47.9. The molecule has 0 radical (unpaired) electrons. The Morgan fingerprint density at radius 2 is 0.892 bits per heavy atom. The summed E-state index contributed by atoms with van der Waals surface area (Å²) in [5.41, 5.74) is 5.05. The van der Waals surface area contributed by atoms with Crippen LogP contribution in [0.2, 0.25) is 0 Å². The van der Waals surface area contributed by atoms with Crippen molar-refractivity contribution >= 4 is 37.7 Å². The smallest absolute Gasteiger partial charge is 0.462 e. The van der Waals surface area contributed by atoms with Crippen LogP contribution in [0.5, 0.6) is 0 Å². The van der Waals surface area contributed by atoms with Gasteiger partial charge in [0.15, 0.2) is 6.10 Å². The summed E-state index contributed by atoms with van der Waals surface area (Å²) >= 11 is 0. The minimum Gasteiger partial charge on any atom is -0.462 e. The maximum absolute atomic E-state index is 12.8. The van der Waals surface area contributed by atoms with Crippen LogP contribution in [0.25, 0.3) is 0 Å². The van der Waals surface area contributed by atoms with Gasteiger partial charge in [-0.25, -0.2) is 9.36 Å². The molecule has 0 bridgehead atoms. The molecule has 0 fully saturated rings. The maximum atomic E-state index is 12.8. The third kappa shape index (κ3) is 47.6. The minimum atomic E-state index is -4.65. The number of esters is 2. The van der Waals surface area contributed by atoms with Gasteiger partial charge in [0.05, 0.1) is 19.8 Å². The van der Waals surface area contributed by atoms with Gasteiger partial charge in [-0.15, -0.1) is 0 Å². The Bertz CT molecular complexity index is 1230. The van der Waals surface area contributed by atoms with Gasteiger partial charge in [-0.05, 0) is 19.3 Å². The van der Waals surface area contributed by atoms with E-state index >= 15 is 0 Å². The van der Waals surface area contributed by atoms with Gasteiger partial charge in [-0.3, -0.25) is 28.2 Å². The van der Waals surface area contributed by atoms with Crippen LogP contribution in [0.3, 0.4) is 0 Å². The van der Waals surface area contributed by atoms with E-state index in [-0.39, 0.29) is 57.9 Å². The molecule has 0 aliphatic rings. The standard InChI is InChI=1S/C49H94N3O12P/c1-3-5-7-9-11-13-15-17-19-21-23-25-27-29-31-36-47(55)61-42-44(64-48(56)37-32-30-28-26-24-22-20-18-16-14-12-10-8-6-4-2)43-63-65(58,59)62-41-39-52-49(57)60-40-38-51-46(54)35-33-34-45(50)53/h44H,3-43H2,1-2H3,(H2,50,53)(H,51,54)(H,52,57)(H,58,59)/t44-/m1/s1. The van der Waals surface area contributed by atoms with Gasteiger partial charge < -0.3 is 35.5 Å². The molecule has 0 saturated carbocycles. The lowest BCUT2D eigenvalue weighted by Gasteiger charge is -2.20. The average Bonchev–Trinajstić information content (AvgIpc) is 3.27. The Hall–Kier alpha value is -2.74. The average molecular weight is 948 g/mol. The lowest BCUT2D eigenvalue weighted by atomic mass is 10.0. The van der Waals surface area contributed by atoms with Gasteiger partial charge >= 0.3 is 25.9 Å². The Balaban J connectivity index is 4.55. The summed E-state index contributed by atoms with van der Waals surface area (Å²) in [6.45, 7) is 2.95. The fraction of sp³-hybridized carbons (Fsp3) is 0.898. The van der Waals surface area contributed by atoms with Crippen LogP contribution in [0.15, 0.2) is 0 Å². The van der Waals surface area contributed by atoms with Gasteiger partial charge in [0.25, 0.3) is 0 Å². The summed E-state index contributed by atoms with van der Waals surface area (Å²) < 4.78 is 38.6. The second-order valence-electron chi connectivity index (χ2n) is 17.5. The summed E-state index contributed by atoms with van der Waals surface area (Å²) in [6.07, 6.45) is 35.4.